The summed E-state index contributed by atoms with van der Waals surface area (Å²) in [5.41, 5.74) is 2.39. The van der Waals surface area contributed by atoms with Gasteiger partial charge in [-0.05, 0) is 30.8 Å². The quantitative estimate of drug-likeness (QED) is 0.851. The van der Waals surface area contributed by atoms with Gasteiger partial charge in [0.1, 0.15) is 5.82 Å². The van der Waals surface area contributed by atoms with E-state index in [0.717, 1.165) is 49.8 Å². The van der Waals surface area contributed by atoms with Gasteiger partial charge in [0.25, 0.3) is 0 Å². The number of hydrogen-bond donors (Lipinski definition) is 2. The molecule has 0 spiro atoms. The van der Waals surface area contributed by atoms with Gasteiger partial charge < -0.3 is 15.5 Å². The van der Waals surface area contributed by atoms with Crippen molar-refractivity contribution < 1.29 is 0 Å². The highest BCUT2D eigenvalue weighted by Crippen LogP contribution is 2.30. The molecule has 6 heteroatoms. The zero-order chi connectivity index (χ0) is 16.2. The fraction of sp³-hybridized carbons (Fsp3) is 0.529. The number of aromatic nitrogens is 2. The number of anilines is 2. The lowest BCUT2D eigenvalue weighted by Gasteiger charge is -2.25. The van der Waals surface area contributed by atoms with Gasteiger partial charge in [-0.25, -0.2) is 4.98 Å². The van der Waals surface area contributed by atoms with Gasteiger partial charge in [-0.1, -0.05) is 19.4 Å². The second-order valence-electron chi connectivity index (χ2n) is 6.12. The Kier molecular flexibility index (Phi) is 5.13. The lowest BCUT2D eigenvalue weighted by Crippen LogP contribution is -2.28. The molecule has 0 amide bonds. The predicted octanol–water partition coefficient (Wildman–Crippen LogP) is 3.20. The molecular weight excluding hydrogens is 306 g/mol. The van der Waals surface area contributed by atoms with E-state index in [-0.39, 0.29) is 0 Å². The smallest absolute Gasteiger partial charge is 0.227 e. The molecule has 1 aliphatic heterocycles. The van der Waals surface area contributed by atoms with Crippen LogP contribution in [-0.4, -0.2) is 30.6 Å². The summed E-state index contributed by atoms with van der Waals surface area (Å²) in [6, 6.07) is 4.65. The molecule has 0 aromatic carbocycles. The Bertz CT molecular complexity index is 639. The van der Waals surface area contributed by atoms with Gasteiger partial charge in [0.15, 0.2) is 0 Å². The van der Waals surface area contributed by atoms with Crippen LogP contribution in [0.15, 0.2) is 17.5 Å². The third-order valence-corrected chi connectivity index (χ3v) is 5.09. The topological polar surface area (TPSA) is 53.1 Å². The molecule has 0 fully saturated rings. The summed E-state index contributed by atoms with van der Waals surface area (Å²) in [5.74, 6) is 1.78. The summed E-state index contributed by atoms with van der Waals surface area (Å²) in [4.78, 5) is 12.8. The van der Waals surface area contributed by atoms with E-state index in [1.807, 2.05) is 30.3 Å². The molecule has 1 unspecified atom stereocenters. The zero-order valence-electron chi connectivity index (χ0n) is 14.1. The van der Waals surface area contributed by atoms with Gasteiger partial charge in [0.05, 0.1) is 11.7 Å². The van der Waals surface area contributed by atoms with E-state index >= 15 is 0 Å². The number of hydrogen-bond acceptors (Lipinski definition) is 6. The molecule has 0 radical (unpaired) electrons. The van der Waals surface area contributed by atoms with Crippen LogP contribution < -0.4 is 15.5 Å². The van der Waals surface area contributed by atoms with Gasteiger partial charge in [-0.3, -0.25) is 0 Å². The third-order valence-electron chi connectivity index (χ3n) is 4.10. The van der Waals surface area contributed by atoms with Gasteiger partial charge in [-0.2, -0.15) is 4.98 Å². The SMILES string of the molecule is CCCC(Nc1nc(N(C)C)nc2c1CCNC2)c1cccs1. The molecule has 3 rings (SSSR count). The van der Waals surface area contributed by atoms with E-state index in [9.17, 15) is 0 Å². The first kappa shape index (κ1) is 16.2. The maximum Gasteiger partial charge on any atom is 0.227 e. The summed E-state index contributed by atoms with van der Waals surface area (Å²) < 4.78 is 0. The van der Waals surface area contributed by atoms with E-state index < -0.39 is 0 Å². The van der Waals surface area contributed by atoms with Gasteiger partial charge >= 0.3 is 0 Å². The fourth-order valence-electron chi connectivity index (χ4n) is 2.89. The summed E-state index contributed by atoms with van der Waals surface area (Å²) in [6.45, 7) is 4.04. The molecule has 5 nitrogen and oxygen atoms in total. The van der Waals surface area contributed by atoms with Crippen molar-refractivity contribution in [1.82, 2.24) is 15.3 Å². The molecule has 0 aliphatic carbocycles. The minimum atomic E-state index is 0.323. The minimum Gasteiger partial charge on any atom is -0.362 e. The van der Waals surface area contributed by atoms with Crippen LogP contribution in [0.3, 0.4) is 0 Å². The van der Waals surface area contributed by atoms with Crippen molar-refractivity contribution in [1.29, 1.82) is 0 Å². The third kappa shape index (κ3) is 3.64. The van der Waals surface area contributed by atoms with E-state index in [4.69, 9.17) is 9.97 Å². The van der Waals surface area contributed by atoms with E-state index in [2.05, 4.69) is 35.1 Å². The maximum absolute atomic E-state index is 4.80. The maximum atomic E-state index is 4.80. The average Bonchev–Trinajstić information content (AvgIpc) is 3.08. The highest BCUT2D eigenvalue weighted by molar-refractivity contribution is 7.10. The molecule has 2 aromatic heterocycles. The lowest BCUT2D eigenvalue weighted by atomic mass is 10.1. The monoisotopic (exact) mass is 331 g/mol. The van der Waals surface area contributed by atoms with Crippen LogP contribution in [0.4, 0.5) is 11.8 Å². The predicted molar refractivity (Wildman–Crippen MR) is 97.4 cm³/mol. The van der Waals surface area contributed by atoms with Crippen LogP contribution >= 0.6 is 11.3 Å². The Labute approximate surface area is 142 Å². The van der Waals surface area contributed by atoms with E-state index in [1.54, 1.807) is 0 Å². The van der Waals surface area contributed by atoms with Crippen molar-refractivity contribution >= 4 is 23.1 Å². The summed E-state index contributed by atoms with van der Waals surface area (Å²) >= 11 is 1.81. The molecular formula is C17H25N5S. The number of thiophene rings is 1. The standard InChI is InChI=1S/C17H25N5S/c1-4-6-13(15-7-5-10-23-15)19-16-12-8-9-18-11-14(12)20-17(21-16)22(2)3/h5,7,10,13,18H,4,6,8-9,11H2,1-3H3,(H,19,20,21). The van der Waals surface area contributed by atoms with Crippen LogP contribution in [0, 0.1) is 0 Å². The van der Waals surface area contributed by atoms with Crippen LogP contribution in [0.5, 0.6) is 0 Å². The van der Waals surface area contributed by atoms with E-state index in [0.29, 0.717) is 6.04 Å². The Balaban J connectivity index is 1.95. The van der Waals surface area contributed by atoms with Crippen molar-refractivity contribution in [3.8, 4) is 0 Å². The molecule has 0 saturated heterocycles. The largest absolute Gasteiger partial charge is 0.362 e. The van der Waals surface area contributed by atoms with Crippen LogP contribution in [0.1, 0.15) is 41.9 Å². The highest BCUT2D eigenvalue weighted by atomic mass is 32.1. The zero-order valence-corrected chi connectivity index (χ0v) is 14.9. The second-order valence-corrected chi connectivity index (χ2v) is 7.10. The van der Waals surface area contributed by atoms with Crippen molar-refractivity contribution in [3.63, 3.8) is 0 Å². The van der Waals surface area contributed by atoms with Crippen molar-refractivity contribution in [3.05, 3.63) is 33.6 Å². The number of rotatable bonds is 6. The number of nitrogens with zero attached hydrogens (tertiary/aromatic N) is 3. The van der Waals surface area contributed by atoms with Gasteiger partial charge in [-0.15, -0.1) is 11.3 Å². The first-order valence-corrected chi connectivity index (χ1v) is 9.14. The Morgan fingerprint density at radius 2 is 2.26 bits per heavy atom. The molecule has 2 N–H and O–H groups in total. The molecule has 124 valence electrons. The molecule has 1 atom stereocenters. The fourth-order valence-corrected chi connectivity index (χ4v) is 3.71. The molecule has 0 bridgehead atoms. The minimum absolute atomic E-state index is 0.323. The Hall–Kier alpha value is -1.66. The number of nitrogens with one attached hydrogen (secondary N) is 2. The van der Waals surface area contributed by atoms with Crippen molar-refractivity contribution in [2.24, 2.45) is 0 Å². The van der Waals surface area contributed by atoms with Crippen LogP contribution in [0.2, 0.25) is 0 Å². The van der Waals surface area contributed by atoms with Gasteiger partial charge in [0.2, 0.25) is 5.95 Å². The summed E-state index contributed by atoms with van der Waals surface area (Å²) in [5, 5.41) is 9.26. The first-order valence-electron chi connectivity index (χ1n) is 8.26. The van der Waals surface area contributed by atoms with E-state index in [1.165, 1.54) is 10.4 Å². The van der Waals surface area contributed by atoms with Crippen molar-refractivity contribution in [2.45, 2.75) is 38.8 Å². The average molecular weight is 331 g/mol. The van der Waals surface area contributed by atoms with Crippen LogP contribution in [-0.2, 0) is 13.0 Å². The van der Waals surface area contributed by atoms with Gasteiger partial charge in [0, 0.05) is 31.1 Å². The normalized spacial score (nSPS) is 15.1. The molecule has 23 heavy (non-hydrogen) atoms. The Morgan fingerprint density at radius 1 is 1.39 bits per heavy atom. The first-order chi connectivity index (χ1) is 11.2. The second kappa shape index (κ2) is 7.27. The summed E-state index contributed by atoms with van der Waals surface area (Å²) in [7, 11) is 3.98. The van der Waals surface area contributed by atoms with Crippen LogP contribution in [0.25, 0.3) is 0 Å². The molecule has 0 saturated carbocycles. The van der Waals surface area contributed by atoms with Crippen molar-refractivity contribution in [2.75, 3.05) is 30.9 Å². The Morgan fingerprint density at radius 3 is 2.96 bits per heavy atom. The molecule has 2 aromatic rings. The number of fused-ring (bicyclic) bond motifs is 1. The molecule has 3 heterocycles. The summed E-state index contributed by atoms with van der Waals surface area (Å²) in [6.07, 6.45) is 3.23. The highest BCUT2D eigenvalue weighted by Gasteiger charge is 2.21. The lowest BCUT2D eigenvalue weighted by molar-refractivity contribution is 0.618. The molecule has 1 aliphatic rings.